The van der Waals surface area contributed by atoms with Crippen LogP contribution in [0.2, 0.25) is 0 Å². The lowest BCUT2D eigenvalue weighted by Gasteiger charge is -2.16. The third-order valence-corrected chi connectivity index (χ3v) is 3.75. The lowest BCUT2D eigenvalue weighted by atomic mass is 10.0. The number of carbonyl (C=O) groups excluding carboxylic acids is 1. The number of rotatable bonds is 4. The third-order valence-electron chi connectivity index (χ3n) is 3.75. The number of hydrogen-bond acceptors (Lipinski definition) is 3. The van der Waals surface area contributed by atoms with Gasteiger partial charge in [0.05, 0.1) is 11.7 Å². The molecule has 0 bridgehead atoms. The van der Waals surface area contributed by atoms with E-state index in [0.29, 0.717) is 18.0 Å². The molecule has 104 valence electrons. The number of aryl methyl sites for hydroxylation is 1. The number of amides is 1. The minimum atomic E-state index is -0.0246. The second-order valence-corrected chi connectivity index (χ2v) is 5.13. The highest BCUT2D eigenvalue weighted by atomic mass is 16.5. The summed E-state index contributed by atoms with van der Waals surface area (Å²) in [5.74, 6) is 0.399. The van der Waals surface area contributed by atoms with Crippen molar-refractivity contribution in [3.05, 3.63) is 29.3 Å². The molecule has 1 aliphatic heterocycles. The van der Waals surface area contributed by atoms with E-state index in [-0.39, 0.29) is 12.0 Å². The van der Waals surface area contributed by atoms with Gasteiger partial charge in [-0.2, -0.15) is 0 Å². The first-order chi connectivity index (χ1) is 9.11. The molecule has 4 heteroatoms. The highest BCUT2D eigenvalue weighted by Gasteiger charge is 2.24. The summed E-state index contributed by atoms with van der Waals surface area (Å²) in [4.78, 5) is 12.2. The summed E-state index contributed by atoms with van der Waals surface area (Å²) in [5, 5.41) is 6.08. The molecule has 19 heavy (non-hydrogen) atoms. The van der Waals surface area contributed by atoms with Crippen molar-refractivity contribution >= 4 is 11.6 Å². The average molecular weight is 262 g/mol. The Morgan fingerprint density at radius 1 is 1.47 bits per heavy atom. The van der Waals surface area contributed by atoms with Crippen LogP contribution in [0.15, 0.2) is 18.2 Å². The van der Waals surface area contributed by atoms with Gasteiger partial charge in [0.25, 0.3) is 5.91 Å². The van der Waals surface area contributed by atoms with E-state index in [9.17, 15) is 4.79 Å². The molecular weight excluding hydrogens is 240 g/mol. The van der Waals surface area contributed by atoms with Gasteiger partial charge >= 0.3 is 0 Å². The van der Waals surface area contributed by atoms with Crippen LogP contribution in [0.5, 0.6) is 0 Å². The molecule has 2 rings (SSSR count). The van der Waals surface area contributed by atoms with Crippen LogP contribution in [0, 0.1) is 12.8 Å². The zero-order valence-electron chi connectivity index (χ0n) is 11.8. The minimum absolute atomic E-state index is 0.0246. The van der Waals surface area contributed by atoms with Crippen molar-refractivity contribution < 1.29 is 9.53 Å². The standard InChI is InChI=1S/C15H22N2O2/c1-10-4-5-13(14(8-10)16-3)15(18)17-9-12-6-7-19-11(12)2/h4-5,8,11-12,16H,6-7,9H2,1-3H3,(H,17,18). The molecule has 1 aromatic rings. The van der Waals surface area contributed by atoms with E-state index in [4.69, 9.17) is 4.74 Å². The Morgan fingerprint density at radius 3 is 2.89 bits per heavy atom. The SMILES string of the molecule is CNc1cc(C)ccc1C(=O)NCC1CCOC1C. The summed E-state index contributed by atoms with van der Waals surface area (Å²) in [6.07, 6.45) is 1.26. The van der Waals surface area contributed by atoms with Gasteiger partial charge in [-0.05, 0) is 38.0 Å². The molecule has 4 nitrogen and oxygen atoms in total. The monoisotopic (exact) mass is 262 g/mol. The van der Waals surface area contributed by atoms with Gasteiger partial charge in [-0.1, -0.05) is 6.07 Å². The molecule has 1 heterocycles. The summed E-state index contributed by atoms with van der Waals surface area (Å²) < 4.78 is 5.50. The fourth-order valence-corrected chi connectivity index (χ4v) is 2.43. The number of hydrogen-bond donors (Lipinski definition) is 2. The molecule has 0 aromatic heterocycles. The maximum Gasteiger partial charge on any atom is 0.253 e. The molecule has 2 atom stereocenters. The van der Waals surface area contributed by atoms with E-state index in [1.165, 1.54) is 0 Å². The Labute approximate surface area is 114 Å². The summed E-state index contributed by atoms with van der Waals surface area (Å²) in [6.45, 7) is 5.56. The molecule has 0 saturated carbocycles. The Hall–Kier alpha value is -1.55. The topological polar surface area (TPSA) is 50.4 Å². The molecule has 1 saturated heterocycles. The zero-order chi connectivity index (χ0) is 13.8. The van der Waals surface area contributed by atoms with Crippen LogP contribution in [0.3, 0.4) is 0 Å². The first-order valence-corrected chi connectivity index (χ1v) is 6.80. The lowest BCUT2D eigenvalue weighted by Crippen LogP contribution is -2.32. The van der Waals surface area contributed by atoms with Crippen LogP contribution in [0.4, 0.5) is 5.69 Å². The normalized spacial score (nSPS) is 22.3. The van der Waals surface area contributed by atoms with Crippen LogP contribution in [0.1, 0.15) is 29.3 Å². The Morgan fingerprint density at radius 2 is 2.26 bits per heavy atom. The predicted octanol–water partition coefficient (Wildman–Crippen LogP) is 2.19. The molecule has 2 N–H and O–H groups in total. The summed E-state index contributed by atoms with van der Waals surface area (Å²) >= 11 is 0. The molecule has 1 amide bonds. The molecule has 1 aliphatic rings. The molecule has 2 unspecified atom stereocenters. The quantitative estimate of drug-likeness (QED) is 0.874. The number of ether oxygens (including phenoxy) is 1. The number of nitrogens with one attached hydrogen (secondary N) is 2. The lowest BCUT2D eigenvalue weighted by molar-refractivity contribution is 0.0908. The highest BCUT2D eigenvalue weighted by molar-refractivity contribution is 5.99. The summed E-state index contributed by atoms with van der Waals surface area (Å²) in [6, 6.07) is 5.80. The van der Waals surface area contributed by atoms with Crippen molar-refractivity contribution in [2.45, 2.75) is 26.4 Å². The second-order valence-electron chi connectivity index (χ2n) is 5.13. The fraction of sp³-hybridized carbons (Fsp3) is 0.533. The molecule has 1 fully saturated rings. The van der Waals surface area contributed by atoms with Crippen molar-refractivity contribution in [3.63, 3.8) is 0 Å². The maximum atomic E-state index is 12.2. The average Bonchev–Trinajstić information content (AvgIpc) is 2.81. The van der Waals surface area contributed by atoms with E-state index < -0.39 is 0 Å². The van der Waals surface area contributed by atoms with Gasteiger partial charge in [0, 0.05) is 31.8 Å². The predicted molar refractivity (Wildman–Crippen MR) is 76.6 cm³/mol. The number of benzene rings is 1. The maximum absolute atomic E-state index is 12.2. The molecule has 0 radical (unpaired) electrons. The Kier molecular flexibility index (Phi) is 4.43. The Bertz CT molecular complexity index is 459. The van der Waals surface area contributed by atoms with Crippen LogP contribution < -0.4 is 10.6 Å². The van der Waals surface area contributed by atoms with Crippen molar-refractivity contribution in [1.82, 2.24) is 5.32 Å². The van der Waals surface area contributed by atoms with Gasteiger partial charge in [-0.25, -0.2) is 0 Å². The van der Waals surface area contributed by atoms with Crippen molar-refractivity contribution in [3.8, 4) is 0 Å². The van der Waals surface area contributed by atoms with Gasteiger partial charge in [-0.15, -0.1) is 0 Å². The minimum Gasteiger partial charge on any atom is -0.387 e. The van der Waals surface area contributed by atoms with Crippen LogP contribution in [-0.2, 0) is 4.74 Å². The summed E-state index contributed by atoms with van der Waals surface area (Å²) in [7, 11) is 1.83. The van der Waals surface area contributed by atoms with Crippen molar-refractivity contribution in [2.24, 2.45) is 5.92 Å². The zero-order valence-corrected chi connectivity index (χ0v) is 11.8. The van der Waals surface area contributed by atoms with E-state index in [1.807, 2.05) is 32.2 Å². The van der Waals surface area contributed by atoms with Gasteiger partial charge in [0.2, 0.25) is 0 Å². The van der Waals surface area contributed by atoms with Crippen molar-refractivity contribution in [2.75, 3.05) is 25.5 Å². The number of anilines is 1. The molecule has 0 spiro atoms. The van der Waals surface area contributed by atoms with E-state index in [2.05, 4.69) is 17.6 Å². The first kappa shape index (κ1) is 13.9. The van der Waals surface area contributed by atoms with E-state index >= 15 is 0 Å². The molecule has 1 aromatic carbocycles. The van der Waals surface area contributed by atoms with Crippen molar-refractivity contribution in [1.29, 1.82) is 0 Å². The summed E-state index contributed by atoms with van der Waals surface area (Å²) in [5.41, 5.74) is 2.70. The van der Waals surface area contributed by atoms with Crippen LogP contribution in [-0.4, -0.2) is 32.2 Å². The molecule has 0 aliphatic carbocycles. The fourth-order valence-electron chi connectivity index (χ4n) is 2.43. The van der Waals surface area contributed by atoms with Gasteiger partial charge in [0.15, 0.2) is 0 Å². The van der Waals surface area contributed by atoms with Gasteiger partial charge in [0.1, 0.15) is 0 Å². The third kappa shape index (κ3) is 3.26. The van der Waals surface area contributed by atoms with Crippen LogP contribution in [0.25, 0.3) is 0 Å². The highest BCUT2D eigenvalue weighted by Crippen LogP contribution is 2.20. The second kappa shape index (κ2) is 6.06. The van der Waals surface area contributed by atoms with Gasteiger partial charge in [-0.3, -0.25) is 4.79 Å². The first-order valence-electron chi connectivity index (χ1n) is 6.80. The van der Waals surface area contributed by atoms with E-state index in [1.54, 1.807) is 0 Å². The largest absolute Gasteiger partial charge is 0.387 e. The van der Waals surface area contributed by atoms with Crippen LogP contribution >= 0.6 is 0 Å². The van der Waals surface area contributed by atoms with Gasteiger partial charge < -0.3 is 15.4 Å². The Balaban J connectivity index is 1.99. The molecular formula is C15H22N2O2. The number of carbonyl (C=O) groups is 1. The van der Waals surface area contributed by atoms with E-state index in [0.717, 1.165) is 24.3 Å². The smallest absolute Gasteiger partial charge is 0.253 e.